The summed E-state index contributed by atoms with van der Waals surface area (Å²) in [5.74, 6) is -4.78. The lowest BCUT2D eigenvalue weighted by atomic mass is 9.52. The van der Waals surface area contributed by atoms with Crippen LogP contribution in [0.5, 0.6) is 23.0 Å². The Bertz CT molecular complexity index is 1950. The van der Waals surface area contributed by atoms with E-state index in [0.29, 0.717) is 11.1 Å². The smallest absolute Gasteiger partial charge is 0.339 e. The summed E-state index contributed by atoms with van der Waals surface area (Å²) in [7, 11) is -3.32. The van der Waals surface area contributed by atoms with Crippen molar-refractivity contribution in [3.05, 3.63) is 107 Å². The van der Waals surface area contributed by atoms with Crippen LogP contribution >= 0.6 is 0 Å². The van der Waals surface area contributed by atoms with Crippen LogP contribution in [0, 0.1) is 25.7 Å². The van der Waals surface area contributed by atoms with E-state index in [1.165, 1.54) is 77.0 Å². The Morgan fingerprint density at radius 2 is 0.840 bits per heavy atom. The fourth-order valence-corrected chi connectivity index (χ4v) is 7.98. The zero-order valence-corrected chi connectivity index (χ0v) is 29.7. The van der Waals surface area contributed by atoms with E-state index in [9.17, 15) is 26.4 Å². The van der Waals surface area contributed by atoms with Crippen LogP contribution in [0.3, 0.4) is 0 Å². The molecular weight excluding hydrogens is 689 g/mol. The minimum absolute atomic E-state index is 0.0480. The summed E-state index contributed by atoms with van der Waals surface area (Å²) < 4.78 is 84.2. The van der Waals surface area contributed by atoms with Crippen LogP contribution in [-0.4, -0.2) is 57.2 Å². The second-order valence-corrected chi connectivity index (χ2v) is 14.8. The molecule has 0 amide bonds. The van der Waals surface area contributed by atoms with E-state index in [1.54, 1.807) is 36.4 Å². The minimum atomic E-state index is -4.22. The van der Waals surface area contributed by atoms with Gasteiger partial charge in [0.2, 0.25) is 0 Å². The molecule has 0 N–H and O–H groups in total. The lowest BCUT2D eigenvalue weighted by Crippen LogP contribution is -2.51. The third kappa shape index (κ3) is 7.12. The molecule has 1 fully saturated rings. The van der Waals surface area contributed by atoms with Crippen molar-refractivity contribution < 1.29 is 53.7 Å². The number of carbonyl (C=O) groups is 2. The fraction of sp³-hybridized carbons (Fsp3) is 0.278. The van der Waals surface area contributed by atoms with Crippen LogP contribution in [0.1, 0.15) is 34.1 Å². The average Bonchev–Trinajstić information content (AvgIpc) is 3.08. The highest BCUT2D eigenvalue weighted by molar-refractivity contribution is 7.87. The van der Waals surface area contributed by atoms with Gasteiger partial charge in [-0.3, -0.25) is 9.59 Å². The number of esters is 2. The number of hydrogen-bond acceptors (Lipinski definition) is 12. The molecule has 0 bridgehead atoms. The van der Waals surface area contributed by atoms with Crippen molar-refractivity contribution in [2.75, 3.05) is 28.4 Å². The number of carbonyl (C=O) groups excluding carboxylic acids is 2. The summed E-state index contributed by atoms with van der Waals surface area (Å²) in [6, 6.07) is 21.2. The minimum Gasteiger partial charge on any atom is -0.493 e. The van der Waals surface area contributed by atoms with Gasteiger partial charge < -0.3 is 27.3 Å². The summed E-state index contributed by atoms with van der Waals surface area (Å²) in [5, 5.41) is 0. The predicted octanol–water partition coefficient (Wildman–Crippen LogP) is 5.32. The van der Waals surface area contributed by atoms with Gasteiger partial charge in [-0.05, 0) is 73.5 Å². The van der Waals surface area contributed by atoms with E-state index in [2.05, 4.69) is 0 Å². The summed E-state index contributed by atoms with van der Waals surface area (Å²) in [4.78, 5) is 26.6. The Morgan fingerprint density at radius 1 is 0.500 bits per heavy atom. The van der Waals surface area contributed by atoms with Crippen molar-refractivity contribution >= 4 is 32.2 Å². The Hall–Kier alpha value is -5.08. The number of rotatable bonds is 12. The molecular formula is C36H36O12S2. The summed E-state index contributed by atoms with van der Waals surface area (Å²) in [6.07, 6.45) is 0. The maximum atomic E-state index is 13.4. The molecule has 0 heterocycles. The van der Waals surface area contributed by atoms with Gasteiger partial charge >= 0.3 is 32.2 Å². The van der Waals surface area contributed by atoms with Crippen molar-refractivity contribution in [3.8, 4) is 23.0 Å². The zero-order valence-electron chi connectivity index (χ0n) is 28.1. The van der Waals surface area contributed by atoms with Gasteiger partial charge in [-0.1, -0.05) is 47.5 Å². The normalized spacial score (nSPS) is 18.7. The molecule has 1 aliphatic carbocycles. The van der Waals surface area contributed by atoms with Gasteiger partial charge in [0, 0.05) is 11.8 Å². The number of hydrogen-bond donors (Lipinski definition) is 0. The van der Waals surface area contributed by atoms with E-state index in [-0.39, 0.29) is 32.8 Å². The maximum Gasteiger partial charge on any atom is 0.339 e. The highest BCUT2D eigenvalue weighted by Gasteiger charge is 2.59. The van der Waals surface area contributed by atoms with E-state index < -0.39 is 55.8 Å². The van der Waals surface area contributed by atoms with Crippen molar-refractivity contribution in [2.24, 2.45) is 11.8 Å². The average molecular weight is 725 g/mol. The van der Waals surface area contributed by atoms with Gasteiger partial charge in [-0.2, -0.15) is 16.8 Å². The summed E-state index contributed by atoms with van der Waals surface area (Å²) in [5.41, 5.74) is 2.66. The van der Waals surface area contributed by atoms with Crippen molar-refractivity contribution in [1.29, 1.82) is 0 Å². The van der Waals surface area contributed by atoms with Crippen LogP contribution < -0.4 is 17.8 Å². The first-order valence-electron chi connectivity index (χ1n) is 15.3. The number of methoxy groups -OCH3 is 4. The zero-order chi connectivity index (χ0) is 36.4. The SMILES string of the molecule is COC(=O)C1C(c2ccc(OS(=O)(=O)c3ccc(C)cc3)c(OC)c2)C(C(=O)OC)C1c1ccc(OS(=O)(=O)c2ccc(C)cc2)c(OC)c1. The Morgan fingerprint density at radius 3 is 1.14 bits per heavy atom. The summed E-state index contributed by atoms with van der Waals surface area (Å²) >= 11 is 0. The van der Waals surface area contributed by atoms with Gasteiger partial charge in [-0.25, -0.2) is 0 Å². The molecule has 12 nitrogen and oxygen atoms in total. The van der Waals surface area contributed by atoms with Gasteiger partial charge in [0.15, 0.2) is 23.0 Å². The standard InChI is InChI=1S/C36H36O12S2/c1-21-7-13-25(14-8-21)49(39,40)47-27-17-11-23(19-29(27)43-3)31-33(35(37)45-5)32(34(31)36(38)46-6)24-12-18-28(30(20-24)44-4)48-50(41,42)26-15-9-22(2)10-16-26/h7-20,31-34H,1-6H3. The first-order valence-corrected chi connectivity index (χ1v) is 18.1. The molecule has 0 aliphatic heterocycles. The molecule has 1 aliphatic rings. The second-order valence-electron chi connectivity index (χ2n) is 11.7. The summed E-state index contributed by atoms with van der Waals surface area (Å²) in [6.45, 7) is 3.65. The topological polar surface area (TPSA) is 158 Å². The van der Waals surface area contributed by atoms with Gasteiger partial charge in [0.05, 0.1) is 40.3 Å². The lowest BCUT2D eigenvalue weighted by Gasteiger charge is -2.49. The predicted molar refractivity (Wildman–Crippen MR) is 180 cm³/mol. The molecule has 50 heavy (non-hydrogen) atoms. The highest BCUT2D eigenvalue weighted by atomic mass is 32.2. The van der Waals surface area contributed by atoms with Crippen molar-refractivity contribution in [3.63, 3.8) is 0 Å². The van der Waals surface area contributed by atoms with E-state index in [1.807, 2.05) is 13.8 Å². The molecule has 0 saturated heterocycles. The molecule has 0 aromatic heterocycles. The second kappa shape index (κ2) is 14.4. The third-order valence-electron chi connectivity index (χ3n) is 8.66. The van der Waals surface area contributed by atoms with Gasteiger partial charge in [0.1, 0.15) is 9.79 Å². The van der Waals surface area contributed by atoms with Crippen LogP contribution in [0.4, 0.5) is 0 Å². The molecule has 0 radical (unpaired) electrons. The molecule has 4 aromatic rings. The molecule has 4 aromatic carbocycles. The monoisotopic (exact) mass is 724 g/mol. The highest BCUT2D eigenvalue weighted by Crippen LogP contribution is 2.59. The van der Waals surface area contributed by atoms with Crippen molar-refractivity contribution in [1.82, 2.24) is 0 Å². The first kappa shape index (κ1) is 36.2. The van der Waals surface area contributed by atoms with Crippen LogP contribution in [0.15, 0.2) is 94.7 Å². The molecule has 5 rings (SSSR count). The third-order valence-corrected chi connectivity index (χ3v) is 11.2. The fourth-order valence-electron chi connectivity index (χ4n) is 6.10. The van der Waals surface area contributed by atoms with Crippen molar-refractivity contribution in [2.45, 2.75) is 35.5 Å². The quantitative estimate of drug-likeness (QED) is 0.137. The van der Waals surface area contributed by atoms with Crippen LogP contribution in [0.2, 0.25) is 0 Å². The Kier molecular flexibility index (Phi) is 10.4. The number of benzene rings is 4. The largest absolute Gasteiger partial charge is 0.493 e. The Balaban J connectivity index is 1.50. The lowest BCUT2D eigenvalue weighted by molar-refractivity contribution is -0.164. The molecule has 0 unspecified atom stereocenters. The van der Waals surface area contributed by atoms with Gasteiger partial charge in [-0.15, -0.1) is 0 Å². The van der Waals surface area contributed by atoms with Crippen LogP contribution in [-0.2, 0) is 39.3 Å². The molecule has 1 saturated carbocycles. The van der Waals surface area contributed by atoms with Crippen LogP contribution in [0.25, 0.3) is 0 Å². The van der Waals surface area contributed by atoms with E-state index in [0.717, 1.165) is 11.1 Å². The first-order chi connectivity index (χ1) is 23.7. The van der Waals surface area contributed by atoms with E-state index in [4.69, 9.17) is 27.3 Å². The Labute approximate surface area is 291 Å². The molecule has 0 atom stereocenters. The maximum absolute atomic E-state index is 13.4. The number of aryl methyl sites for hydroxylation is 2. The molecule has 14 heteroatoms. The molecule has 0 spiro atoms. The number of ether oxygens (including phenoxy) is 4. The van der Waals surface area contributed by atoms with Gasteiger partial charge in [0.25, 0.3) is 0 Å². The molecule has 264 valence electrons. The van der Waals surface area contributed by atoms with E-state index >= 15 is 0 Å².